The molecule has 0 atom stereocenters. The van der Waals surface area contributed by atoms with Gasteiger partial charge in [-0.15, -0.1) is 0 Å². The largest absolute Gasteiger partial charge is 0.420 e. The summed E-state index contributed by atoms with van der Waals surface area (Å²) in [5.41, 5.74) is 3.54. The molecule has 5 rings (SSSR count). The van der Waals surface area contributed by atoms with Crippen LogP contribution in [0.3, 0.4) is 0 Å². The molecule has 4 aromatic rings. The summed E-state index contributed by atoms with van der Waals surface area (Å²) >= 11 is 0. The maximum absolute atomic E-state index is 13.0. The van der Waals surface area contributed by atoms with Crippen LogP contribution in [-0.4, -0.2) is 42.0 Å². The summed E-state index contributed by atoms with van der Waals surface area (Å²) in [7, 11) is 0. The molecule has 1 saturated heterocycles. The minimum absolute atomic E-state index is 0.112. The quantitative estimate of drug-likeness (QED) is 0.414. The zero-order valence-electron chi connectivity index (χ0n) is 19.6. The first-order chi connectivity index (χ1) is 17.1. The summed E-state index contributed by atoms with van der Waals surface area (Å²) < 4.78 is 5.93. The second-order valence-electron chi connectivity index (χ2n) is 8.74. The zero-order valence-corrected chi connectivity index (χ0v) is 19.6. The third-order valence-electron chi connectivity index (χ3n) is 6.37. The van der Waals surface area contributed by atoms with Gasteiger partial charge in [-0.2, -0.15) is 10.2 Å². The predicted molar refractivity (Wildman–Crippen MR) is 138 cm³/mol. The number of nitriles is 1. The highest BCUT2D eigenvalue weighted by Gasteiger charge is 2.26. The fourth-order valence-electron chi connectivity index (χ4n) is 4.41. The minimum Gasteiger partial charge on any atom is -0.420 e. The van der Waals surface area contributed by atoms with Gasteiger partial charge in [-0.25, -0.2) is 0 Å². The zero-order chi connectivity index (χ0) is 24.2. The van der Waals surface area contributed by atoms with Gasteiger partial charge in [-0.1, -0.05) is 72.3 Å². The van der Waals surface area contributed by atoms with Crippen LogP contribution in [-0.2, 0) is 11.2 Å². The molecule has 6 heteroatoms. The first kappa shape index (κ1) is 22.4. The van der Waals surface area contributed by atoms with Crippen LogP contribution >= 0.6 is 0 Å². The number of carbonyl (C=O) groups is 1. The third-order valence-corrected chi connectivity index (χ3v) is 6.37. The standard InChI is InChI=1S/C29H26N4O2/c1-21-9-11-22(12-10-21)13-14-27-31-26(20-30)29(35-27)33-17-15-32(16-18-33)28(34)19-24-7-4-6-23-5-2-3-8-25(23)24/h2-14H,15-19H2,1H3. The van der Waals surface area contributed by atoms with E-state index in [0.717, 1.165) is 21.9 Å². The maximum Gasteiger partial charge on any atom is 0.235 e. The van der Waals surface area contributed by atoms with Crippen LogP contribution in [0.2, 0.25) is 0 Å². The average Bonchev–Trinajstić information content (AvgIpc) is 3.32. The van der Waals surface area contributed by atoms with Gasteiger partial charge in [0.2, 0.25) is 23.4 Å². The van der Waals surface area contributed by atoms with Crippen molar-refractivity contribution >= 4 is 34.7 Å². The van der Waals surface area contributed by atoms with Crippen LogP contribution in [0.25, 0.3) is 22.9 Å². The van der Waals surface area contributed by atoms with E-state index in [1.165, 1.54) is 5.56 Å². The summed E-state index contributed by atoms with van der Waals surface area (Å²) in [6.45, 7) is 4.37. The summed E-state index contributed by atoms with van der Waals surface area (Å²) in [6, 6.07) is 24.5. The van der Waals surface area contributed by atoms with E-state index in [0.29, 0.717) is 44.4 Å². The summed E-state index contributed by atoms with van der Waals surface area (Å²) in [4.78, 5) is 21.3. The smallest absolute Gasteiger partial charge is 0.235 e. The summed E-state index contributed by atoms with van der Waals surface area (Å²) in [6.07, 6.45) is 4.07. The second kappa shape index (κ2) is 9.86. The number of amides is 1. The van der Waals surface area contributed by atoms with E-state index in [-0.39, 0.29) is 11.6 Å². The monoisotopic (exact) mass is 462 g/mol. The first-order valence-electron chi connectivity index (χ1n) is 11.8. The lowest BCUT2D eigenvalue weighted by Gasteiger charge is -2.34. The summed E-state index contributed by atoms with van der Waals surface area (Å²) in [5.74, 6) is 0.976. The Labute approximate surface area is 204 Å². The van der Waals surface area contributed by atoms with E-state index in [4.69, 9.17) is 4.42 Å². The van der Waals surface area contributed by atoms with Crippen molar-refractivity contribution in [1.29, 1.82) is 5.26 Å². The number of oxazole rings is 1. The molecule has 0 radical (unpaired) electrons. The molecule has 0 N–H and O–H groups in total. The Morgan fingerprint density at radius 2 is 1.74 bits per heavy atom. The topological polar surface area (TPSA) is 73.4 Å². The van der Waals surface area contributed by atoms with Crippen molar-refractivity contribution in [2.24, 2.45) is 0 Å². The van der Waals surface area contributed by atoms with Crippen molar-refractivity contribution in [3.8, 4) is 6.07 Å². The molecule has 35 heavy (non-hydrogen) atoms. The van der Waals surface area contributed by atoms with Crippen LogP contribution < -0.4 is 4.90 Å². The molecule has 0 aliphatic carbocycles. The highest BCUT2D eigenvalue weighted by atomic mass is 16.4. The van der Waals surface area contributed by atoms with Crippen LogP contribution in [0.4, 0.5) is 5.88 Å². The van der Waals surface area contributed by atoms with Crippen LogP contribution in [0, 0.1) is 18.3 Å². The van der Waals surface area contributed by atoms with Gasteiger partial charge in [0.15, 0.2) is 0 Å². The van der Waals surface area contributed by atoms with Crippen molar-refractivity contribution in [2.75, 3.05) is 31.1 Å². The Bertz CT molecular complexity index is 1420. The summed E-state index contributed by atoms with van der Waals surface area (Å²) in [5, 5.41) is 11.8. The number of rotatable bonds is 5. The number of aryl methyl sites for hydroxylation is 1. The van der Waals surface area contributed by atoms with Gasteiger partial charge < -0.3 is 14.2 Å². The van der Waals surface area contributed by atoms with Gasteiger partial charge in [0, 0.05) is 32.3 Å². The van der Waals surface area contributed by atoms with Crippen LogP contribution in [0.5, 0.6) is 0 Å². The number of benzene rings is 3. The second-order valence-corrected chi connectivity index (χ2v) is 8.74. The number of carbonyl (C=O) groups excluding carboxylic acids is 1. The van der Waals surface area contributed by atoms with E-state index in [1.807, 2.05) is 71.3 Å². The fourth-order valence-corrected chi connectivity index (χ4v) is 4.41. The molecule has 0 spiro atoms. The molecule has 1 aromatic heterocycles. The highest BCUT2D eigenvalue weighted by molar-refractivity contribution is 5.90. The molecule has 1 aliphatic rings. The molecule has 1 amide bonds. The van der Waals surface area contributed by atoms with Crippen molar-refractivity contribution in [3.63, 3.8) is 0 Å². The van der Waals surface area contributed by atoms with E-state index in [9.17, 15) is 10.1 Å². The maximum atomic E-state index is 13.0. The van der Waals surface area contributed by atoms with Crippen molar-refractivity contribution in [1.82, 2.24) is 9.88 Å². The number of piperazine rings is 1. The predicted octanol–water partition coefficient (Wildman–Crippen LogP) is 5.07. The number of hydrogen-bond acceptors (Lipinski definition) is 5. The van der Waals surface area contributed by atoms with E-state index in [1.54, 1.807) is 6.08 Å². The molecular formula is C29H26N4O2. The molecule has 0 saturated carbocycles. The molecule has 1 aliphatic heterocycles. The Hall–Kier alpha value is -4.37. The first-order valence-corrected chi connectivity index (χ1v) is 11.8. The lowest BCUT2D eigenvalue weighted by Crippen LogP contribution is -2.49. The Morgan fingerprint density at radius 3 is 2.51 bits per heavy atom. The molecule has 0 bridgehead atoms. The third kappa shape index (κ3) is 4.95. The molecule has 0 unspecified atom stereocenters. The number of hydrogen-bond donors (Lipinski definition) is 0. The Morgan fingerprint density at radius 1 is 1.00 bits per heavy atom. The van der Waals surface area contributed by atoms with Gasteiger partial charge in [0.25, 0.3) is 0 Å². The Balaban J connectivity index is 1.24. The number of fused-ring (bicyclic) bond motifs is 1. The van der Waals surface area contributed by atoms with Gasteiger partial charge >= 0.3 is 0 Å². The van der Waals surface area contributed by atoms with E-state index in [2.05, 4.69) is 29.3 Å². The number of aromatic nitrogens is 1. The highest BCUT2D eigenvalue weighted by Crippen LogP contribution is 2.25. The Kier molecular flexibility index (Phi) is 6.32. The van der Waals surface area contributed by atoms with Crippen molar-refractivity contribution in [3.05, 3.63) is 95.0 Å². The van der Waals surface area contributed by atoms with Crippen molar-refractivity contribution < 1.29 is 9.21 Å². The SMILES string of the molecule is Cc1ccc(C=Cc2nc(C#N)c(N3CCN(C(=O)Cc4cccc5ccccc45)CC3)o2)cc1. The number of nitrogens with zero attached hydrogens (tertiary/aromatic N) is 4. The lowest BCUT2D eigenvalue weighted by atomic mass is 10.0. The molecule has 174 valence electrons. The normalized spacial score (nSPS) is 13.9. The van der Waals surface area contributed by atoms with Gasteiger partial charge in [-0.3, -0.25) is 4.79 Å². The molecular weight excluding hydrogens is 436 g/mol. The molecule has 1 fully saturated rings. The minimum atomic E-state index is 0.112. The van der Waals surface area contributed by atoms with E-state index >= 15 is 0 Å². The van der Waals surface area contributed by atoms with Crippen LogP contribution in [0.1, 0.15) is 28.3 Å². The molecule has 6 nitrogen and oxygen atoms in total. The molecule has 2 heterocycles. The van der Waals surface area contributed by atoms with Crippen LogP contribution in [0.15, 0.2) is 71.1 Å². The average molecular weight is 463 g/mol. The number of anilines is 1. The lowest BCUT2D eigenvalue weighted by molar-refractivity contribution is -0.130. The van der Waals surface area contributed by atoms with Gasteiger partial charge in [-0.05, 0) is 34.9 Å². The van der Waals surface area contributed by atoms with Crippen molar-refractivity contribution in [2.45, 2.75) is 13.3 Å². The molecule has 3 aromatic carbocycles. The van der Waals surface area contributed by atoms with E-state index < -0.39 is 0 Å². The van der Waals surface area contributed by atoms with Gasteiger partial charge in [0.1, 0.15) is 6.07 Å². The fraction of sp³-hybridized carbons (Fsp3) is 0.207. The van der Waals surface area contributed by atoms with Gasteiger partial charge in [0.05, 0.1) is 6.42 Å².